The first kappa shape index (κ1) is 20.7. The fourth-order valence-electron chi connectivity index (χ4n) is 3.08. The molecule has 4 nitrogen and oxygen atoms in total. The van der Waals surface area contributed by atoms with Gasteiger partial charge in [0.15, 0.2) is 11.6 Å². The number of aryl methyl sites for hydroxylation is 1. The molecule has 1 heterocycles. The second-order valence-electron chi connectivity index (χ2n) is 7.46. The lowest BCUT2D eigenvalue weighted by molar-refractivity contribution is -0.135. The Morgan fingerprint density at radius 2 is 1.45 bits per heavy atom. The molecule has 0 aliphatic carbocycles. The molecule has 0 bridgehead atoms. The van der Waals surface area contributed by atoms with Crippen LogP contribution in [0, 0.1) is 5.92 Å². The fraction of sp³-hybridized carbons (Fsp3) is 0.320. The normalized spacial score (nSPS) is 11.8. The lowest BCUT2D eigenvalue weighted by Crippen LogP contribution is -2.12. The lowest BCUT2D eigenvalue weighted by atomic mass is 10.0. The largest absolute Gasteiger partial charge is 0.423 e. The van der Waals surface area contributed by atoms with Crippen LogP contribution in [-0.2, 0) is 11.2 Å². The highest BCUT2D eigenvalue weighted by Gasteiger charge is 2.11. The number of aromatic nitrogens is 2. The van der Waals surface area contributed by atoms with Gasteiger partial charge in [0.05, 0.1) is 12.4 Å². The van der Waals surface area contributed by atoms with Gasteiger partial charge in [0.2, 0.25) is 0 Å². The third-order valence-corrected chi connectivity index (χ3v) is 5.04. The Morgan fingerprint density at radius 1 is 0.897 bits per heavy atom. The van der Waals surface area contributed by atoms with Gasteiger partial charge in [-0.05, 0) is 29.0 Å². The minimum atomic E-state index is -0.245. The van der Waals surface area contributed by atoms with Crippen molar-refractivity contribution in [3.8, 4) is 28.3 Å². The number of carbonyl (C=O) groups excluding carboxylic acids is 1. The number of ether oxygens (including phenoxy) is 1. The molecule has 3 aromatic rings. The van der Waals surface area contributed by atoms with Crippen LogP contribution in [0.4, 0.5) is 0 Å². The number of benzene rings is 2. The van der Waals surface area contributed by atoms with Crippen molar-refractivity contribution < 1.29 is 9.53 Å². The zero-order chi connectivity index (χ0) is 20.6. The van der Waals surface area contributed by atoms with Gasteiger partial charge in [-0.15, -0.1) is 0 Å². The van der Waals surface area contributed by atoms with Gasteiger partial charge >= 0.3 is 5.97 Å². The van der Waals surface area contributed by atoms with Crippen LogP contribution in [0.15, 0.2) is 60.9 Å². The number of hydrogen-bond donors (Lipinski definition) is 0. The molecule has 0 unspecified atom stereocenters. The van der Waals surface area contributed by atoms with Gasteiger partial charge in [0.1, 0.15) is 0 Å². The Labute approximate surface area is 173 Å². The molecule has 2 aromatic carbocycles. The highest BCUT2D eigenvalue weighted by molar-refractivity contribution is 5.72. The third-order valence-electron chi connectivity index (χ3n) is 5.04. The Hall–Kier alpha value is -3.01. The number of hydrogen-bond acceptors (Lipinski definition) is 4. The summed E-state index contributed by atoms with van der Waals surface area (Å²) in [4.78, 5) is 20.6. The average Bonchev–Trinajstić information content (AvgIpc) is 2.75. The molecule has 0 N–H and O–H groups in total. The number of rotatable bonds is 8. The predicted molar refractivity (Wildman–Crippen MR) is 117 cm³/mol. The summed E-state index contributed by atoms with van der Waals surface area (Å²) in [6, 6.07) is 16.9. The van der Waals surface area contributed by atoms with Crippen molar-refractivity contribution in [3.05, 3.63) is 66.5 Å². The first-order chi connectivity index (χ1) is 14.1. The van der Waals surface area contributed by atoms with Gasteiger partial charge in [0, 0.05) is 12.0 Å². The van der Waals surface area contributed by atoms with E-state index in [4.69, 9.17) is 4.74 Å². The first-order valence-electron chi connectivity index (χ1n) is 10.3. The van der Waals surface area contributed by atoms with E-state index in [2.05, 4.69) is 60.2 Å². The van der Waals surface area contributed by atoms with Crippen molar-refractivity contribution in [2.24, 2.45) is 5.92 Å². The Kier molecular flexibility index (Phi) is 7.12. The summed E-state index contributed by atoms with van der Waals surface area (Å²) < 4.78 is 5.32. The summed E-state index contributed by atoms with van der Waals surface area (Å²) in [5.74, 6) is 1.05. The van der Waals surface area contributed by atoms with Crippen LogP contribution in [0.2, 0.25) is 0 Å². The highest BCUT2D eigenvalue weighted by Crippen LogP contribution is 2.24. The summed E-state index contributed by atoms with van der Waals surface area (Å²) in [5.41, 5.74) is 4.65. The molecule has 150 valence electrons. The number of esters is 1. The predicted octanol–water partition coefficient (Wildman–Crippen LogP) is 6.10. The zero-order valence-electron chi connectivity index (χ0n) is 17.4. The van der Waals surface area contributed by atoms with Crippen LogP contribution in [0.1, 0.15) is 45.6 Å². The second kappa shape index (κ2) is 9.97. The molecular weight excluding hydrogens is 360 g/mol. The summed E-state index contributed by atoms with van der Waals surface area (Å²) >= 11 is 0. The number of nitrogens with zero attached hydrogens (tertiary/aromatic N) is 2. The van der Waals surface area contributed by atoms with Crippen molar-refractivity contribution in [3.63, 3.8) is 0 Å². The van der Waals surface area contributed by atoms with E-state index in [1.807, 2.05) is 19.1 Å². The van der Waals surface area contributed by atoms with E-state index in [0.717, 1.165) is 30.4 Å². The molecule has 4 heteroatoms. The van der Waals surface area contributed by atoms with Gasteiger partial charge in [-0.1, -0.05) is 82.1 Å². The van der Waals surface area contributed by atoms with Gasteiger partial charge in [0.25, 0.3) is 0 Å². The van der Waals surface area contributed by atoms with Crippen LogP contribution >= 0.6 is 0 Å². The van der Waals surface area contributed by atoms with Crippen LogP contribution in [-0.4, -0.2) is 15.9 Å². The van der Waals surface area contributed by atoms with E-state index in [1.165, 1.54) is 11.1 Å². The maximum atomic E-state index is 11.9. The molecule has 29 heavy (non-hydrogen) atoms. The molecule has 1 aromatic heterocycles. The van der Waals surface area contributed by atoms with Crippen molar-refractivity contribution in [1.82, 2.24) is 9.97 Å². The Morgan fingerprint density at radius 3 is 2.00 bits per heavy atom. The molecule has 0 aliphatic rings. The van der Waals surface area contributed by atoms with Crippen molar-refractivity contribution >= 4 is 5.97 Å². The van der Waals surface area contributed by atoms with Crippen LogP contribution in [0.5, 0.6) is 5.75 Å². The molecule has 0 saturated carbocycles. The van der Waals surface area contributed by atoms with Crippen LogP contribution in [0.3, 0.4) is 0 Å². The van der Waals surface area contributed by atoms with Gasteiger partial charge in [-0.25, -0.2) is 9.97 Å². The number of carbonyl (C=O) groups is 1. The van der Waals surface area contributed by atoms with Gasteiger partial charge < -0.3 is 4.74 Å². The highest BCUT2D eigenvalue weighted by atomic mass is 16.5. The standard InChI is InChI=1S/C25H28N2O2/c1-4-6-19-7-9-20(10-8-19)21-11-13-22(14-12-21)25-26-16-23(17-27-25)29-24(28)15-18(3)5-2/h7-14,16-18H,4-6,15H2,1-3H3/t18-/m0/s1. The van der Waals surface area contributed by atoms with Crippen molar-refractivity contribution in [2.75, 3.05) is 0 Å². The maximum Gasteiger partial charge on any atom is 0.311 e. The molecule has 0 amide bonds. The van der Waals surface area contributed by atoms with Crippen molar-refractivity contribution in [1.29, 1.82) is 0 Å². The van der Waals surface area contributed by atoms with E-state index in [9.17, 15) is 4.79 Å². The summed E-state index contributed by atoms with van der Waals surface area (Å²) in [6.45, 7) is 6.28. The molecule has 0 saturated heterocycles. The topological polar surface area (TPSA) is 52.1 Å². The van der Waals surface area contributed by atoms with Gasteiger partial charge in [-0.2, -0.15) is 0 Å². The third kappa shape index (κ3) is 5.74. The van der Waals surface area contributed by atoms with E-state index in [-0.39, 0.29) is 5.97 Å². The van der Waals surface area contributed by atoms with Crippen molar-refractivity contribution in [2.45, 2.75) is 46.5 Å². The molecule has 1 atom stereocenters. The van der Waals surface area contributed by atoms with Crippen LogP contribution in [0.25, 0.3) is 22.5 Å². The maximum absolute atomic E-state index is 11.9. The molecule has 3 rings (SSSR count). The molecule has 0 spiro atoms. The summed E-state index contributed by atoms with van der Waals surface area (Å²) in [6.07, 6.45) is 6.72. The molecule has 0 fully saturated rings. The van der Waals surface area contributed by atoms with Gasteiger partial charge in [-0.3, -0.25) is 4.79 Å². The molecular formula is C25H28N2O2. The summed E-state index contributed by atoms with van der Waals surface area (Å²) in [5, 5.41) is 0. The fourth-order valence-corrected chi connectivity index (χ4v) is 3.08. The van der Waals surface area contributed by atoms with E-state index in [0.29, 0.717) is 23.9 Å². The van der Waals surface area contributed by atoms with Crippen LogP contribution < -0.4 is 4.74 Å². The van der Waals surface area contributed by atoms with E-state index >= 15 is 0 Å². The lowest BCUT2D eigenvalue weighted by Gasteiger charge is -2.08. The SMILES string of the molecule is CCCc1ccc(-c2ccc(-c3ncc(OC(=O)C[C@@H](C)CC)cn3)cc2)cc1. The summed E-state index contributed by atoms with van der Waals surface area (Å²) in [7, 11) is 0. The Bertz CT molecular complexity index is 917. The smallest absolute Gasteiger partial charge is 0.311 e. The second-order valence-corrected chi connectivity index (χ2v) is 7.46. The Balaban J connectivity index is 1.66. The minimum Gasteiger partial charge on any atom is -0.423 e. The minimum absolute atomic E-state index is 0.245. The zero-order valence-corrected chi connectivity index (χ0v) is 17.4. The molecule has 0 aliphatic heterocycles. The monoisotopic (exact) mass is 388 g/mol. The molecule has 0 radical (unpaired) electrons. The van der Waals surface area contributed by atoms with E-state index < -0.39 is 0 Å². The average molecular weight is 389 g/mol. The first-order valence-corrected chi connectivity index (χ1v) is 10.3. The van der Waals surface area contributed by atoms with E-state index in [1.54, 1.807) is 12.4 Å². The quantitative estimate of drug-likeness (QED) is 0.437.